The molecule has 4 rings (SSSR count). The summed E-state index contributed by atoms with van der Waals surface area (Å²) in [6.45, 7) is 3.02. The van der Waals surface area contributed by atoms with Crippen LogP contribution in [0.25, 0.3) is 11.0 Å². The van der Waals surface area contributed by atoms with Gasteiger partial charge in [0.25, 0.3) is 5.91 Å². The van der Waals surface area contributed by atoms with E-state index in [0.717, 1.165) is 54.0 Å². The van der Waals surface area contributed by atoms with E-state index in [1.807, 2.05) is 47.6 Å². The predicted molar refractivity (Wildman–Crippen MR) is 130 cm³/mol. The lowest BCUT2D eigenvalue weighted by Gasteiger charge is -2.17. The summed E-state index contributed by atoms with van der Waals surface area (Å²) in [5, 5.41) is 3.81. The van der Waals surface area contributed by atoms with Crippen molar-refractivity contribution >= 4 is 46.2 Å². The topological polar surface area (TPSA) is 78.1 Å². The predicted octanol–water partition coefficient (Wildman–Crippen LogP) is 4.39. The summed E-state index contributed by atoms with van der Waals surface area (Å²) in [6, 6.07) is 11.2. The molecule has 0 aliphatic carbocycles. The van der Waals surface area contributed by atoms with Crippen molar-refractivity contribution < 1.29 is 9.59 Å². The molecule has 0 radical (unpaired) electrons. The molecule has 0 spiro atoms. The third kappa shape index (κ3) is 5.10. The number of carbonyl (C=O) groups excluding carboxylic acids is 2. The van der Waals surface area contributed by atoms with Crippen molar-refractivity contribution in [1.29, 1.82) is 0 Å². The lowest BCUT2D eigenvalue weighted by atomic mass is 9.99. The van der Waals surface area contributed by atoms with Gasteiger partial charge in [-0.1, -0.05) is 17.7 Å². The molecule has 1 aliphatic heterocycles. The van der Waals surface area contributed by atoms with Gasteiger partial charge in [-0.3, -0.25) is 9.59 Å². The first-order chi connectivity index (χ1) is 15.4. The maximum Gasteiger partial charge on any atom is 0.251 e. The van der Waals surface area contributed by atoms with Gasteiger partial charge in [-0.25, -0.2) is 4.98 Å². The van der Waals surface area contributed by atoms with Gasteiger partial charge >= 0.3 is 0 Å². The zero-order valence-corrected chi connectivity index (χ0v) is 19.9. The molecule has 8 heteroatoms. The van der Waals surface area contributed by atoms with E-state index in [-0.39, 0.29) is 17.9 Å². The second-order valence-electron chi connectivity index (χ2n) is 8.08. The van der Waals surface area contributed by atoms with Crippen LogP contribution in [0.4, 0.5) is 0 Å². The van der Waals surface area contributed by atoms with Gasteiger partial charge in [0.1, 0.15) is 5.82 Å². The fourth-order valence-corrected chi connectivity index (χ4v) is 4.75. The summed E-state index contributed by atoms with van der Waals surface area (Å²) >= 11 is 7.84. The van der Waals surface area contributed by atoms with Crippen LogP contribution in [0.3, 0.4) is 0 Å². The Bertz CT molecular complexity index is 1150. The van der Waals surface area contributed by atoms with Crippen LogP contribution in [-0.4, -0.2) is 51.8 Å². The standard InChI is InChI=1S/C24H27ClN4O2S/c1-15(30)29-10-7-16-3-4-18(13-17(16)8-11-29)24(31)28-21(9-12-32-2)23-26-20-6-5-19(25)14-22(20)27-23/h3-6,13-14,21H,7-12H2,1-2H3,(H,26,27)(H,28,31)/t21-/m0/s1. The Labute approximate surface area is 197 Å². The average Bonchev–Trinajstić information content (AvgIpc) is 3.06. The molecule has 1 aliphatic rings. The first-order valence-electron chi connectivity index (χ1n) is 10.8. The van der Waals surface area contributed by atoms with Crippen LogP contribution in [0.2, 0.25) is 5.02 Å². The van der Waals surface area contributed by atoms with Gasteiger partial charge < -0.3 is 15.2 Å². The molecule has 1 aromatic heterocycles. The first-order valence-corrected chi connectivity index (χ1v) is 12.5. The van der Waals surface area contributed by atoms with E-state index in [1.54, 1.807) is 18.7 Å². The largest absolute Gasteiger partial charge is 0.342 e. The number of rotatable bonds is 6. The highest BCUT2D eigenvalue weighted by Gasteiger charge is 2.21. The summed E-state index contributed by atoms with van der Waals surface area (Å²) < 4.78 is 0. The second kappa shape index (κ2) is 9.96. The number of imidazole rings is 1. The van der Waals surface area contributed by atoms with Crippen LogP contribution < -0.4 is 5.32 Å². The van der Waals surface area contributed by atoms with E-state index in [9.17, 15) is 9.59 Å². The van der Waals surface area contributed by atoms with E-state index in [2.05, 4.69) is 15.3 Å². The summed E-state index contributed by atoms with van der Waals surface area (Å²) in [7, 11) is 0. The van der Waals surface area contributed by atoms with E-state index < -0.39 is 0 Å². The van der Waals surface area contributed by atoms with Crippen LogP contribution in [0.1, 0.15) is 46.7 Å². The molecule has 1 atom stereocenters. The van der Waals surface area contributed by atoms with Crippen molar-refractivity contribution in [2.75, 3.05) is 25.1 Å². The van der Waals surface area contributed by atoms with Gasteiger partial charge in [-0.05, 0) is 72.7 Å². The lowest BCUT2D eigenvalue weighted by Crippen LogP contribution is -2.31. The maximum absolute atomic E-state index is 13.2. The van der Waals surface area contributed by atoms with Gasteiger partial charge in [0.05, 0.1) is 17.1 Å². The second-order valence-corrected chi connectivity index (χ2v) is 9.50. The molecule has 0 bridgehead atoms. The number of halogens is 1. The Morgan fingerprint density at radius 2 is 1.97 bits per heavy atom. The molecule has 0 unspecified atom stereocenters. The normalized spacial score (nSPS) is 14.7. The van der Waals surface area contributed by atoms with Crippen molar-refractivity contribution in [2.24, 2.45) is 0 Å². The highest BCUT2D eigenvalue weighted by atomic mass is 35.5. The summed E-state index contributed by atoms with van der Waals surface area (Å²) in [4.78, 5) is 34.8. The first kappa shape index (κ1) is 22.7. The molecule has 2 aromatic carbocycles. The molecule has 6 nitrogen and oxygen atoms in total. The molecule has 2 heterocycles. The molecule has 0 saturated carbocycles. The minimum absolute atomic E-state index is 0.0968. The number of thioether (sulfide) groups is 1. The van der Waals surface area contributed by atoms with Crippen molar-refractivity contribution in [2.45, 2.75) is 32.2 Å². The van der Waals surface area contributed by atoms with Crippen molar-refractivity contribution in [3.8, 4) is 0 Å². The van der Waals surface area contributed by atoms with Crippen LogP contribution in [0, 0.1) is 0 Å². The molecular formula is C24H27ClN4O2S. The lowest BCUT2D eigenvalue weighted by molar-refractivity contribution is -0.128. The zero-order chi connectivity index (χ0) is 22.7. The number of nitrogens with zero attached hydrogens (tertiary/aromatic N) is 2. The Morgan fingerprint density at radius 3 is 2.72 bits per heavy atom. The van der Waals surface area contributed by atoms with Crippen LogP contribution >= 0.6 is 23.4 Å². The van der Waals surface area contributed by atoms with E-state index >= 15 is 0 Å². The minimum Gasteiger partial charge on any atom is -0.342 e. The quantitative estimate of drug-likeness (QED) is 0.560. The number of H-pyrrole nitrogens is 1. The zero-order valence-electron chi connectivity index (χ0n) is 18.3. The number of hydrogen-bond donors (Lipinski definition) is 2. The fourth-order valence-electron chi connectivity index (χ4n) is 4.10. The number of amides is 2. The Morgan fingerprint density at radius 1 is 1.19 bits per heavy atom. The number of aromatic nitrogens is 2. The van der Waals surface area contributed by atoms with Crippen LogP contribution in [0.5, 0.6) is 0 Å². The number of hydrogen-bond acceptors (Lipinski definition) is 4. The average molecular weight is 471 g/mol. The van der Waals surface area contributed by atoms with Crippen LogP contribution in [-0.2, 0) is 17.6 Å². The molecule has 0 saturated heterocycles. The van der Waals surface area contributed by atoms with Gasteiger partial charge in [-0.15, -0.1) is 0 Å². The van der Waals surface area contributed by atoms with Gasteiger partial charge in [0.2, 0.25) is 5.91 Å². The van der Waals surface area contributed by atoms with Gasteiger partial charge in [0.15, 0.2) is 0 Å². The highest BCUT2D eigenvalue weighted by molar-refractivity contribution is 7.98. The monoisotopic (exact) mass is 470 g/mol. The third-order valence-electron chi connectivity index (χ3n) is 5.92. The molecule has 0 fully saturated rings. The van der Waals surface area contributed by atoms with Gasteiger partial charge in [-0.2, -0.15) is 11.8 Å². The van der Waals surface area contributed by atoms with Gasteiger partial charge in [0, 0.05) is 30.6 Å². The van der Waals surface area contributed by atoms with Crippen molar-refractivity contribution in [1.82, 2.24) is 20.2 Å². The van der Waals surface area contributed by atoms with Crippen LogP contribution in [0.15, 0.2) is 36.4 Å². The number of benzene rings is 2. The summed E-state index contributed by atoms with van der Waals surface area (Å²) in [5.74, 6) is 1.61. The van der Waals surface area contributed by atoms with Crippen molar-refractivity contribution in [3.05, 3.63) is 63.9 Å². The Hall–Kier alpha value is -2.51. The highest BCUT2D eigenvalue weighted by Crippen LogP contribution is 2.24. The summed E-state index contributed by atoms with van der Waals surface area (Å²) in [6.07, 6.45) is 4.39. The number of nitrogens with one attached hydrogen (secondary N) is 2. The Balaban J connectivity index is 1.54. The fraction of sp³-hybridized carbons (Fsp3) is 0.375. The third-order valence-corrected chi connectivity index (χ3v) is 6.80. The SMILES string of the molecule is CSCC[C@H](NC(=O)c1ccc2c(c1)CCN(C(C)=O)CC2)c1nc2ccc(Cl)cc2[nH]1. The molecule has 3 aromatic rings. The maximum atomic E-state index is 13.2. The molecule has 168 valence electrons. The molecule has 32 heavy (non-hydrogen) atoms. The van der Waals surface area contributed by atoms with E-state index in [1.165, 1.54) is 5.56 Å². The number of aromatic amines is 1. The van der Waals surface area contributed by atoms with E-state index in [0.29, 0.717) is 17.1 Å². The Kier molecular flexibility index (Phi) is 7.06. The van der Waals surface area contributed by atoms with Crippen molar-refractivity contribution in [3.63, 3.8) is 0 Å². The molecule has 2 amide bonds. The van der Waals surface area contributed by atoms with E-state index in [4.69, 9.17) is 11.6 Å². The molecular weight excluding hydrogens is 444 g/mol. The smallest absolute Gasteiger partial charge is 0.251 e. The summed E-state index contributed by atoms with van der Waals surface area (Å²) in [5.41, 5.74) is 4.66. The minimum atomic E-state index is -0.229. The molecule has 2 N–H and O–H groups in total. The number of fused-ring (bicyclic) bond motifs is 2. The number of carbonyl (C=O) groups is 2.